The van der Waals surface area contributed by atoms with Crippen LogP contribution in [0.4, 0.5) is 0 Å². The molecule has 0 aliphatic carbocycles. The lowest BCUT2D eigenvalue weighted by Gasteiger charge is -2.25. The lowest BCUT2D eigenvalue weighted by atomic mass is 10.2. The van der Waals surface area contributed by atoms with Gasteiger partial charge in [-0.2, -0.15) is 4.31 Å². The predicted molar refractivity (Wildman–Crippen MR) is 85.3 cm³/mol. The third-order valence-electron chi connectivity index (χ3n) is 3.46. The SMILES string of the molecule is CCCCS(=O)(=O)NCCN(C1CCS(=O)(=O)C1)S(C)(=O)=O. The molecule has 1 aliphatic heterocycles. The molecule has 1 rings (SSSR count). The van der Waals surface area contributed by atoms with E-state index in [2.05, 4.69) is 4.72 Å². The Labute approximate surface area is 133 Å². The maximum Gasteiger partial charge on any atom is 0.211 e. The first-order valence-corrected chi connectivity index (χ1v) is 12.4. The summed E-state index contributed by atoms with van der Waals surface area (Å²) in [6.45, 7) is 1.75. The molecule has 1 unspecified atom stereocenters. The molecule has 0 aromatic heterocycles. The molecule has 0 spiro atoms. The number of hydrogen-bond donors (Lipinski definition) is 1. The van der Waals surface area contributed by atoms with Gasteiger partial charge in [0.25, 0.3) is 0 Å². The minimum absolute atomic E-state index is 0.000181. The molecule has 0 saturated carbocycles. The fourth-order valence-corrected chi connectivity index (χ4v) is 6.52. The molecule has 8 nitrogen and oxygen atoms in total. The predicted octanol–water partition coefficient (Wildman–Crippen LogP) is -0.845. The van der Waals surface area contributed by atoms with E-state index in [-0.39, 0.29) is 36.8 Å². The third-order valence-corrected chi connectivity index (χ3v) is 8.02. The zero-order chi connectivity index (χ0) is 17.0. The van der Waals surface area contributed by atoms with Crippen molar-refractivity contribution in [2.75, 3.05) is 36.6 Å². The van der Waals surface area contributed by atoms with Crippen LogP contribution in [0.2, 0.25) is 0 Å². The molecule has 1 aliphatic rings. The van der Waals surface area contributed by atoms with Crippen LogP contribution in [0, 0.1) is 0 Å². The summed E-state index contributed by atoms with van der Waals surface area (Å²) in [5.41, 5.74) is 0. The molecule has 0 bridgehead atoms. The van der Waals surface area contributed by atoms with Crippen molar-refractivity contribution in [1.29, 1.82) is 0 Å². The molecule has 11 heteroatoms. The largest absolute Gasteiger partial charge is 0.229 e. The van der Waals surface area contributed by atoms with Crippen molar-refractivity contribution < 1.29 is 25.3 Å². The summed E-state index contributed by atoms with van der Waals surface area (Å²) in [7, 11) is -10.2. The van der Waals surface area contributed by atoms with Crippen molar-refractivity contribution in [2.45, 2.75) is 32.2 Å². The second kappa shape index (κ2) is 7.56. The molecule has 132 valence electrons. The van der Waals surface area contributed by atoms with Crippen LogP contribution in [-0.4, -0.2) is 72.2 Å². The van der Waals surface area contributed by atoms with Gasteiger partial charge in [-0.15, -0.1) is 0 Å². The van der Waals surface area contributed by atoms with Gasteiger partial charge in [-0.25, -0.2) is 30.0 Å². The first-order chi connectivity index (χ1) is 9.97. The van der Waals surface area contributed by atoms with E-state index in [1.807, 2.05) is 6.92 Å². The van der Waals surface area contributed by atoms with Gasteiger partial charge < -0.3 is 0 Å². The summed E-state index contributed by atoms with van der Waals surface area (Å²) < 4.78 is 73.4. The van der Waals surface area contributed by atoms with Crippen molar-refractivity contribution in [1.82, 2.24) is 9.03 Å². The third kappa shape index (κ3) is 6.49. The molecule has 1 atom stereocenters. The highest BCUT2D eigenvalue weighted by Crippen LogP contribution is 2.19. The Morgan fingerprint density at radius 1 is 1.23 bits per heavy atom. The van der Waals surface area contributed by atoms with Gasteiger partial charge in [0, 0.05) is 19.1 Å². The maximum atomic E-state index is 11.8. The fraction of sp³-hybridized carbons (Fsp3) is 1.00. The number of hydrogen-bond acceptors (Lipinski definition) is 6. The fourth-order valence-electron chi connectivity index (χ4n) is 2.34. The van der Waals surface area contributed by atoms with Crippen molar-refractivity contribution in [2.24, 2.45) is 0 Å². The van der Waals surface area contributed by atoms with E-state index in [0.29, 0.717) is 6.42 Å². The van der Waals surface area contributed by atoms with Gasteiger partial charge in [0.05, 0.1) is 23.5 Å². The summed E-state index contributed by atoms with van der Waals surface area (Å²) in [6, 6.07) is -0.611. The number of nitrogens with zero attached hydrogens (tertiary/aromatic N) is 1. The highest BCUT2D eigenvalue weighted by Gasteiger charge is 2.36. The first-order valence-electron chi connectivity index (χ1n) is 7.11. The molecule has 0 radical (unpaired) electrons. The molecule has 22 heavy (non-hydrogen) atoms. The Morgan fingerprint density at radius 3 is 2.32 bits per heavy atom. The number of sulfone groups is 1. The summed E-state index contributed by atoms with van der Waals surface area (Å²) in [5.74, 6) is -0.241. The van der Waals surface area contributed by atoms with E-state index in [9.17, 15) is 25.3 Å². The van der Waals surface area contributed by atoms with E-state index in [1.165, 1.54) is 0 Å². The molecule has 0 amide bonds. The normalized spacial score (nSPS) is 22.2. The second-order valence-corrected chi connectivity index (χ2v) is 11.6. The van der Waals surface area contributed by atoms with Gasteiger partial charge in [0.2, 0.25) is 20.0 Å². The molecule has 0 aromatic rings. The smallest absolute Gasteiger partial charge is 0.211 e. The number of unbranched alkanes of at least 4 members (excludes halogenated alkanes) is 1. The van der Waals surface area contributed by atoms with Crippen LogP contribution >= 0.6 is 0 Å². The average molecular weight is 377 g/mol. The van der Waals surface area contributed by atoms with Crippen LogP contribution < -0.4 is 4.72 Å². The Hall–Kier alpha value is -0.230. The topological polar surface area (TPSA) is 118 Å². The standard InChI is InChI=1S/C11H24N2O6S3/c1-3-4-8-22(18,19)12-6-7-13(20(2,14)15)11-5-9-21(16,17)10-11/h11-12H,3-10H2,1-2H3. The quantitative estimate of drug-likeness (QED) is 0.560. The van der Waals surface area contributed by atoms with Crippen LogP contribution in [0.3, 0.4) is 0 Å². The zero-order valence-corrected chi connectivity index (χ0v) is 15.3. The summed E-state index contributed by atoms with van der Waals surface area (Å²) in [5, 5.41) is 0. The van der Waals surface area contributed by atoms with Gasteiger partial charge in [0.1, 0.15) is 0 Å². The Balaban J connectivity index is 2.65. The van der Waals surface area contributed by atoms with E-state index >= 15 is 0 Å². The molecule has 1 saturated heterocycles. The van der Waals surface area contributed by atoms with Crippen LogP contribution in [-0.2, 0) is 29.9 Å². The number of nitrogens with one attached hydrogen (secondary N) is 1. The second-order valence-electron chi connectivity index (χ2n) is 5.50. The number of rotatable bonds is 9. The summed E-state index contributed by atoms with van der Waals surface area (Å²) in [6.07, 6.45) is 2.53. The monoisotopic (exact) mass is 376 g/mol. The Bertz CT molecular complexity index is 669. The molecular weight excluding hydrogens is 352 g/mol. The lowest BCUT2D eigenvalue weighted by molar-refractivity contribution is 0.346. The van der Waals surface area contributed by atoms with Crippen molar-refractivity contribution in [3.63, 3.8) is 0 Å². The maximum absolute atomic E-state index is 11.8. The van der Waals surface area contributed by atoms with Crippen molar-refractivity contribution >= 4 is 29.9 Å². The van der Waals surface area contributed by atoms with Gasteiger partial charge in [-0.05, 0) is 12.8 Å². The number of sulfonamides is 2. The van der Waals surface area contributed by atoms with Gasteiger partial charge in [-0.1, -0.05) is 13.3 Å². The van der Waals surface area contributed by atoms with Crippen LogP contribution in [0.15, 0.2) is 0 Å². The van der Waals surface area contributed by atoms with Crippen LogP contribution in [0.25, 0.3) is 0 Å². The first kappa shape index (κ1) is 19.8. The molecule has 0 aromatic carbocycles. The van der Waals surface area contributed by atoms with E-state index in [4.69, 9.17) is 0 Å². The van der Waals surface area contributed by atoms with E-state index < -0.39 is 35.9 Å². The highest BCUT2D eigenvalue weighted by molar-refractivity contribution is 7.92. The average Bonchev–Trinajstić information content (AvgIpc) is 2.70. The van der Waals surface area contributed by atoms with Crippen molar-refractivity contribution in [3.05, 3.63) is 0 Å². The minimum Gasteiger partial charge on any atom is -0.229 e. The van der Waals surface area contributed by atoms with Crippen LogP contribution in [0.1, 0.15) is 26.2 Å². The molecule has 1 N–H and O–H groups in total. The van der Waals surface area contributed by atoms with Crippen LogP contribution in [0.5, 0.6) is 0 Å². The van der Waals surface area contributed by atoms with Gasteiger partial charge in [-0.3, -0.25) is 0 Å². The Morgan fingerprint density at radius 2 is 1.86 bits per heavy atom. The molecule has 1 heterocycles. The van der Waals surface area contributed by atoms with Gasteiger partial charge >= 0.3 is 0 Å². The lowest BCUT2D eigenvalue weighted by Crippen LogP contribution is -2.45. The van der Waals surface area contributed by atoms with Gasteiger partial charge in [0.15, 0.2) is 9.84 Å². The zero-order valence-electron chi connectivity index (χ0n) is 12.9. The highest BCUT2D eigenvalue weighted by atomic mass is 32.2. The van der Waals surface area contributed by atoms with E-state index in [0.717, 1.165) is 17.0 Å². The molecular formula is C11H24N2O6S3. The van der Waals surface area contributed by atoms with E-state index in [1.54, 1.807) is 0 Å². The Kier molecular flexibility index (Phi) is 6.81. The summed E-state index contributed by atoms with van der Waals surface area (Å²) in [4.78, 5) is 0. The molecule has 1 fully saturated rings. The summed E-state index contributed by atoms with van der Waals surface area (Å²) >= 11 is 0. The minimum atomic E-state index is -3.60. The van der Waals surface area contributed by atoms with Crippen molar-refractivity contribution in [3.8, 4) is 0 Å².